The molecule has 1 rings (SSSR count). The standard InChI is InChI=1S/C15H20BrN/c1-3-5-9-15(17-10-4-2)12-13-7-6-8-14(16)11-13/h1,6-8,11,15,17H,4-5,9-10,12H2,2H3. The van der Waals surface area contributed by atoms with E-state index in [4.69, 9.17) is 6.42 Å². The zero-order valence-electron chi connectivity index (χ0n) is 10.4. The van der Waals surface area contributed by atoms with Crippen molar-refractivity contribution in [3.8, 4) is 12.3 Å². The van der Waals surface area contributed by atoms with E-state index in [2.05, 4.69) is 58.4 Å². The molecule has 0 heterocycles. The molecule has 0 saturated carbocycles. The van der Waals surface area contributed by atoms with Gasteiger partial charge in [-0.3, -0.25) is 0 Å². The Labute approximate surface area is 113 Å². The van der Waals surface area contributed by atoms with Crippen LogP contribution in [0.15, 0.2) is 28.7 Å². The Hall–Kier alpha value is -0.780. The first-order valence-corrected chi connectivity index (χ1v) is 6.96. The molecule has 0 bridgehead atoms. The molecule has 0 fully saturated rings. The summed E-state index contributed by atoms with van der Waals surface area (Å²) in [4.78, 5) is 0. The van der Waals surface area contributed by atoms with Crippen LogP contribution < -0.4 is 5.32 Å². The van der Waals surface area contributed by atoms with Crippen LogP contribution in [0, 0.1) is 12.3 Å². The third kappa shape index (κ3) is 5.91. The van der Waals surface area contributed by atoms with Crippen LogP contribution in [0.5, 0.6) is 0 Å². The third-order valence-electron chi connectivity index (χ3n) is 2.69. The maximum absolute atomic E-state index is 5.34. The first kappa shape index (κ1) is 14.3. The van der Waals surface area contributed by atoms with Crippen LogP contribution in [0.1, 0.15) is 31.7 Å². The van der Waals surface area contributed by atoms with Crippen molar-refractivity contribution >= 4 is 15.9 Å². The van der Waals surface area contributed by atoms with Crippen LogP contribution in [-0.4, -0.2) is 12.6 Å². The smallest absolute Gasteiger partial charge is 0.0178 e. The predicted molar refractivity (Wildman–Crippen MR) is 78.0 cm³/mol. The van der Waals surface area contributed by atoms with Crippen LogP contribution in [0.4, 0.5) is 0 Å². The predicted octanol–water partition coefficient (Wildman–Crippen LogP) is 3.77. The van der Waals surface area contributed by atoms with Gasteiger partial charge in [0, 0.05) is 16.9 Å². The molecule has 0 amide bonds. The lowest BCUT2D eigenvalue weighted by atomic mass is 10.0. The minimum absolute atomic E-state index is 0.486. The van der Waals surface area contributed by atoms with Crippen molar-refractivity contribution in [3.05, 3.63) is 34.3 Å². The summed E-state index contributed by atoms with van der Waals surface area (Å²) in [6, 6.07) is 8.97. The second-order valence-corrected chi connectivity index (χ2v) is 5.14. The lowest BCUT2D eigenvalue weighted by Gasteiger charge is -2.17. The number of terminal acetylenes is 1. The van der Waals surface area contributed by atoms with E-state index >= 15 is 0 Å². The molecule has 0 radical (unpaired) electrons. The lowest BCUT2D eigenvalue weighted by molar-refractivity contribution is 0.483. The molecule has 0 saturated heterocycles. The Bertz CT molecular complexity index is 367. The Kier molecular flexibility index (Phi) is 7.00. The quantitative estimate of drug-likeness (QED) is 0.755. The number of benzene rings is 1. The van der Waals surface area contributed by atoms with E-state index in [9.17, 15) is 0 Å². The molecule has 1 N–H and O–H groups in total. The van der Waals surface area contributed by atoms with E-state index in [0.717, 1.165) is 36.7 Å². The molecule has 0 aliphatic rings. The van der Waals surface area contributed by atoms with Gasteiger partial charge < -0.3 is 5.32 Å². The molecule has 1 nitrogen and oxygen atoms in total. The van der Waals surface area contributed by atoms with E-state index < -0.39 is 0 Å². The Balaban J connectivity index is 2.55. The largest absolute Gasteiger partial charge is 0.314 e. The summed E-state index contributed by atoms with van der Waals surface area (Å²) in [5.41, 5.74) is 1.35. The Morgan fingerprint density at radius 1 is 1.47 bits per heavy atom. The number of nitrogens with one attached hydrogen (secondary N) is 1. The van der Waals surface area contributed by atoms with E-state index in [-0.39, 0.29) is 0 Å². The second-order valence-electron chi connectivity index (χ2n) is 4.23. The molecule has 0 aromatic heterocycles. The fourth-order valence-corrected chi connectivity index (χ4v) is 2.28. The van der Waals surface area contributed by atoms with Crippen molar-refractivity contribution in [2.75, 3.05) is 6.54 Å². The Morgan fingerprint density at radius 2 is 2.29 bits per heavy atom. The molecule has 1 aromatic carbocycles. The van der Waals surface area contributed by atoms with Crippen LogP contribution in [0.2, 0.25) is 0 Å². The highest BCUT2D eigenvalue weighted by Gasteiger charge is 2.08. The maximum Gasteiger partial charge on any atom is 0.0178 e. The fraction of sp³-hybridized carbons (Fsp3) is 0.467. The molecule has 0 aliphatic heterocycles. The minimum Gasteiger partial charge on any atom is -0.314 e. The average molecular weight is 294 g/mol. The van der Waals surface area contributed by atoms with Crippen molar-refractivity contribution in [1.82, 2.24) is 5.32 Å². The van der Waals surface area contributed by atoms with Gasteiger partial charge in [-0.25, -0.2) is 0 Å². The highest BCUT2D eigenvalue weighted by Crippen LogP contribution is 2.14. The van der Waals surface area contributed by atoms with E-state index in [1.165, 1.54) is 5.56 Å². The Morgan fingerprint density at radius 3 is 2.94 bits per heavy atom. The topological polar surface area (TPSA) is 12.0 Å². The van der Waals surface area contributed by atoms with Crippen molar-refractivity contribution in [3.63, 3.8) is 0 Å². The van der Waals surface area contributed by atoms with Gasteiger partial charge in [-0.05, 0) is 43.5 Å². The average Bonchev–Trinajstić information content (AvgIpc) is 2.32. The van der Waals surface area contributed by atoms with Crippen molar-refractivity contribution in [2.24, 2.45) is 0 Å². The lowest BCUT2D eigenvalue weighted by Crippen LogP contribution is -2.31. The third-order valence-corrected chi connectivity index (χ3v) is 3.18. The van der Waals surface area contributed by atoms with Crippen LogP contribution in [0.25, 0.3) is 0 Å². The summed E-state index contributed by atoms with van der Waals surface area (Å²) in [6.07, 6.45) is 9.43. The molecule has 1 atom stereocenters. The summed E-state index contributed by atoms with van der Waals surface area (Å²) in [7, 11) is 0. The summed E-state index contributed by atoms with van der Waals surface area (Å²) in [5.74, 6) is 2.72. The molecule has 1 aromatic rings. The number of halogens is 1. The first-order valence-electron chi connectivity index (χ1n) is 6.17. The van der Waals surface area contributed by atoms with E-state index in [1.54, 1.807) is 0 Å². The molecule has 0 spiro atoms. The monoisotopic (exact) mass is 293 g/mol. The second kappa shape index (κ2) is 8.33. The van der Waals surface area contributed by atoms with E-state index in [1.807, 2.05) is 0 Å². The van der Waals surface area contributed by atoms with Gasteiger partial charge in [0.2, 0.25) is 0 Å². The van der Waals surface area contributed by atoms with Crippen molar-refractivity contribution < 1.29 is 0 Å². The van der Waals surface area contributed by atoms with Gasteiger partial charge in [0.05, 0.1) is 0 Å². The van der Waals surface area contributed by atoms with Gasteiger partial charge in [0.1, 0.15) is 0 Å². The summed E-state index contributed by atoms with van der Waals surface area (Å²) in [5, 5.41) is 3.56. The zero-order chi connectivity index (χ0) is 12.5. The first-order chi connectivity index (χ1) is 8.26. The highest BCUT2D eigenvalue weighted by atomic mass is 79.9. The van der Waals surface area contributed by atoms with Crippen molar-refractivity contribution in [1.29, 1.82) is 0 Å². The number of rotatable bonds is 7. The molecular formula is C15H20BrN. The summed E-state index contributed by atoms with van der Waals surface area (Å²) < 4.78 is 1.14. The molecule has 17 heavy (non-hydrogen) atoms. The zero-order valence-corrected chi connectivity index (χ0v) is 12.0. The molecule has 1 unspecified atom stereocenters. The molecule has 0 aliphatic carbocycles. The van der Waals surface area contributed by atoms with Crippen LogP contribution in [-0.2, 0) is 6.42 Å². The normalized spacial score (nSPS) is 12.1. The van der Waals surface area contributed by atoms with Gasteiger partial charge >= 0.3 is 0 Å². The summed E-state index contributed by atoms with van der Waals surface area (Å²) in [6.45, 7) is 3.24. The maximum atomic E-state index is 5.34. The van der Waals surface area contributed by atoms with Crippen molar-refractivity contribution in [2.45, 2.75) is 38.6 Å². The molecular weight excluding hydrogens is 274 g/mol. The van der Waals surface area contributed by atoms with Gasteiger partial charge in [-0.1, -0.05) is 35.0 Å². The number of hydrogen-bond acceptors (Lipinski definition) is 1. The highest BCUT2D eigenvalue weighted by molar-refractivity contribution is 9.10. The van der Waals surface area contributed by atoms with Crippen LogP contribution in [0.3, 0.4) is 0 Å². The molecule has 2 heteroatoms. The number of hydrogen-bond donors (Lipinski definition) is 1. The summed E-state index contributed by atoms with van der Waals surface area (Å²) >= 11 is 3.50. The van der Waals surface area contributed by atoms with Gasteiger partial charge in [-0.15, -0.1) is 12.3 Å². The minimum atomic E-state index is 0.486. The van der Waals surface area contributed by atoms with E-state index in [0.29, 0.717) is 6.04 Å². The fourth-order valence-electron chi connectivity index (χ4n) is 1.83. The van der Waals surface area contributed by atoms with Gasteiger partial charge in [0.25, 0.3) is 0 Å². The van der Waals surface area contributed by atoms with Gasteiger partial charge in [-0.2, -0.15) is 0 Å². The van der Waals surface area contributed by atoms with Crippen LogP contribution >= 0.6 is 15.9 Å². The molecule has 92 valence electrons. The SMILES string of the molecule is C#CCCC(Cc1cccc(Br)c1)NCCC. The van der Waals surface area contributed by atoms with Gasteiger partial charge in [0.15, 0.2) is 0 Å².